The van der Waals surface area contributed by atoms with Crippen LogP contribution in [0, 0.1) is 5.92 Å². The summed E-state index contributed by atoms with van der Waals surface area (Å²) in [6.45, 7) is 3.58. The van der Waals surface area contributed by atoms with E-state index in [4.69, 9.17) is 9.47 Å². The molecule has 0 aromatic rings. The maximum atomic E-state index is 11.4. The molecular weight excluding hydrogens is 222 g/mol. The Bertz CT molecular complexity index is 346. The number of esters is 1. The van der Waals surface area contributed by atoms with E-state index in [1.165, 1.54) is 17.7 Å². The van der Waals surface area contributed by atoms with Crippen LogP contribution in [0.5, 0.6) is 0 Å². The Balaban J connectivity index is 1.66. The summed E-state index contributed by atoms with van der Waals surface area (Å²) in [5, 5.41) is 0. The van der Waals surface area contributed by atoms with Gasteiger partial charge < -0.3 is 14.4 Å². The van der Waals surface area contributed by atoms with E-state index in [1.807, 2.05) is 6.92 Å². The van der Waals surface area contributed by atoms with Crippen LogP contribution in [0.3, 0.4) is 0 Å². The molecule has 1 saturated carbocycles. The molecule has 17 heavy (non-hydrogen) atoms. The fourth-order valence-corrected chi connectivity index (χ4v) is 1.77. The standard InChI is InChI=1S/C12H17NO4/c1-9(10-2-3-10)8-11(14)16-6-4-13-5-7-17-12(13)15/h8,10H,2-7H2,1H3/b9-8-. The summed E-state index contributed by atoms with van der Waals surface area (Å²) in [6.07, 6.45) is 3.58. The minimum absolute atomic E-state index is 0.225. The summed E-state index contributed by atoms with van der Waals surface area (Å²) < 4.78 is 9.80. The van der Waals surface area contributed by atoms with Gasteiger partial charge in [-0.2, -0.15) is 0 Å². The molecule has 2 fully saturated rings. The van der Waals surface area contributed by atoms with Gasteiger partial charge in [-0.3, -0.25) is 0 Å². The van der Waals surface area contributed by atoms with E-state index in [0.717, 1.165) is 5.57 Å². The zero-order chi connectivity index (χ0) is 12.3. The molecule has 0 N–H and O–H groups in total. The van der Waals surface area contributed by atoms with Crippen molar-refractivity contribution in [3.8, 4) is 0 Å². The van der Waals surface area contributed by atoms with E-state index in [0.29, 0.717) is 25.6 Å². The zero-order valence-corrected chi connectivity index (χ0v) is 9.98. The third-order valence-electron chi connectivity index (χ3n) is 3.02. The number of hydrogen-bond donors (Lipinski definition) is 0. The molecule has 0 unspecified atom stereocenters. The number of amides is 1. The van der Waals surface area contributed by atoms with Gasteiger partial charge in [0.25, 0.3) is 0 Å². The first-order chi connectivity index (χ1) is 8.16. The maximum absolute atomic E-state index is 11.4. The van der Waals surface area contributed by atoms with Crippen molar-refractivity contribution in [1.29, 1.82) is 0 Å². The summed E-state index contributed by atoms with van der Waals surface area (Å²) in [7, 11) is 0. The third-order valence-corrected chi connectivity index (χ3v) is 3.02. The van der Waals surface area contributed by atoms with E-state index >= 15 is 0 Å². The lowest BCUT2D eigenvalue weighted by Gasteiger charge is -2.11. The second-order valence-electron chi connectivity index (χ2n) is 4.43. The summed E-state index contributed by atoms with van der Waals surface area (Å²) in [6, 6.07) is 0. The molecule has 0 atom stereocenters. The van der Waals surface area contributed by atoms with Gasteiger partial charge in [-0.15, -0.1) is 0 Å². The first kappa shape index (κ1) is 12.0. The smallest absolute Gasteiger partial charge is 0.410 e. The van der Waals surface area contributed by atoms with Crippen LogP contribution in [0.4, 0.5) is 4.79 Å². The quantitative estimate of drug-likeness (QED) is 0.536. The molecule has 0 aromatic heterocycles. The Kier molecular flexibility index (Phi) is 3.66. The van der Waals surface area contributed by atoms with Gasteiger partial charge in [-0.05, 0) is 25.7 Å². The molecule has 5 nitrogen and oxygen atoms in total. The number of carbonyl (C=O) groups excluding carboxylic acids is 2. The van der Waals surface area contributed by atoms with E-state index < -0.39 is 0 Å². The van der Waals surface area contributed by atoms with Gasteiger partial charge >= 0.3 is 12.1 Å². The van der Waals surface area contributed by atoms with E-state index in [9.17, 15) is 9.59 Å². The first-order valence-corrected chi connectivity index (χ1v) is 5.93. The summed E-state index contributed by atoms with van der Waals surface area (Å²) in [5.41, 5.74) is 1.09. The first-order valence-electron chi connectivity index (χ1n) is 5.93. The van der Waals surface area contributed by atoms with Crippen LogP contribution < -0.4 is 0 Å². The minimum atomic E-state index is -0.328. The van der Waals surface area contributed by atoms with Crippen LogP contribution >= 0.6 is 0 Å². The molecule has 1 heterocycles. The van der Waals surface area contributed by atoms with Crippen molar-refractivity contribution in [3.63, 3.8) is 0 Å². The Morgan fingerprint density at radius 1 is 1.59 bits per heavy atom. The number of allylic oxidation sites excluding steroid dienone is 1. The van der Waals surface area contributed by atoms with Crippen molar-refractivity contribution < 1.29 is 19.1 Å². The predicted molar refractivity (Wildman–Crippen MR) is 60.4 cm³/mol. The molecule has 1 aliphatic heterocycles. The Labute approximate surface area is 100 Å². The van der Waals surface area contributed by atoms with Crippen molar-refractivity contribution in [2.75, 3.05) is 26.3 Å². The molecule has 94 valence electrons. The van der Waals surface area contributed by atoms with Crippen molar-refractivity contribution in [3.05, 3.63) is 11.6 Å². The van der Waals surface area contributed by atoms with E-state index in [1.54, 1.807) is 6.08 Å². The van der Waals surface area contributed by atoms with Crippen molar-refractivity contribution >= 4 is 12.1 Å². The summed E-state index contributed by atoms with van der Waals surface area (Å²) >= 11 is 0. The molecule has 0 bridgehead atoms. The predicted octanol–water partition coefficient (Wildman–Crippen LogP) is 1.34. The van der Waals surface area contributed by atoms with Gasteiger partial charge in [-0.1, -0.05) is 5.57 Å². The van der Waals surface area contributed by atoms with Gasteiger partial charge in [0.05, 0.1) is 13.1 Å². The number of rotatable bonds is 5. The Hall–Kier alpha value is -1.52. The average molecular weight is 239 g/mol. The number of cyclic esters (lactones) is 1. The molecule has 0 spiro atoms. The van der Waals surface area contributed by atoms with Crippen LogP contribution in [-0.4, -0.2) is 43.3 Å². The highest BCUT2D eigenvalue weighted by molar-refractivity contribution is 5.82. The molecule has 2 rings (SSSR count). The molecule has 1 amide bonds. The highest BCUT2D eigenvalue weighted by Crippen LogP contribution is 2.35. The van der Waals surface area contributed by atoms with Crippen LogP contribution in [0.2, 0.25) is 0 Å². The largest absolute Gasteiger partial charge is 0.461 e. The van der Waals surface area contributed by atoms with Gasteiger partial charge in [0.15, 0.2) is 0 Å². The second kappa shape index (κ2) is 5.21. The van der Waals surface area contributed by atoms with Gasteiger partial charge in [0.2, 0.25) is 0 Å². The summed E-state index contributed by atoms with van der Waals surface area (Å²) in [5.74, 6) is 0.262. The Morgan fingerprint density at radius 3 is 2.94 bits per heavy atom. The van der Waals surface area contributed by atoms with Gasteiger partial charge in [0.1, 0.15) is 13.2 Å². The monoisotopic (exact) mass is 239 g/mol. The molecule has 2 aliphatic rings. The number of carbonyl (C=O) groups is 2. The van der Waals surface area contributed by atoms with Crippen LogP contribution in [0.25, 0.3) is 0 Å². The lowest BCUT2D eigenvalue weighted by molar-refractivity contribution is -0.138. The molecule has 1 aliphatic carbocycles. The molecular formula is C12H17NO4. The maximum Gasteiger partial charge on any atom is 0.410 e. The molecule has 5 heteroatoms. The van der Waals surface area contributed by atoms with Crippen LogP contribution in [0.15, 0.2) is 11.6 Å². The molecule has 0 radical (unpaired) electrons. The fraction of sp³-hybridized carbons (Fsp3) is 0.667. The van der Waals surface area contributed by atoms with Crippen LogP contribution in [-0.2, 0) is 14.3 Å². The molecule has 1 saturated heterocycles. The number of ether oxygens (including phenoxy) is 2. The second-order valence-corrected chi connectivity index (χ2v) is 4.43. The van der Waals surface area contributed by atoms with E-state index in [2.05, 4.69) is 0 Å². The SMILES string of the molecule is C/C(=C/C(=O)OCCN1CCOC1=O)C1CC1. The zero-order valence-electron chi connectivity index (χ0n) is 9.98. The van der Waals surface area contributed by atoms with E-state index in [-0.39, 0.29) is 18.7 Å². The number of nitrogens with zero attached hydrogens (tertiary/aromatic N) is 1. The van der Waals surface area contributed by atoms with Crippen molar-refractivity contribution in [2.45, 2.75) is 19.8 Å². The highest BCUT2D eigenvalue weighted by Gasteiger charge is 2.24. The van der Waals surface area contributed by atoms with Crippen LogP contribution in [0.1, 0.15) is 19.8 Å². The topological polar surface area (TPSA) is 55.8 Å². The normalized spacial score (nSPS) is 20.4. The van der Waals surface area contributed by atoms with Crippen molar-refractivity contribution in [1.82, 2.24) is 4.90 Å². The molecule has 0 aromatic carbocycles. The fourth-order valence-electron chi connectivity index (χ4n) is 1.77. The minimum Gasteiger partial charge on any atom is -0.461 e. The summed E-state index contributed by atoms with van der Waals surface area (Å²) in [4.78, 5) is 24.0. The Morgan fingerprint density at radius 2 is 2.35 bits per heavy atom. The highest BCUT2D eigenvalue weighted by atomic mass is 16.6. The number of hydrogen-bond acceptors (Lipinski definition) is 4. The average Bonchev–Trinajstić information content (AvgIpc) is 3.05. The lowest BCUT2D eigenvalue weighted by Crippen LogP contribution is -2.28. The van der Waals surface area contributed by atoms with Gasteiger partial charge in [0, 0.05) is 6.08 Å². The lowest BCUT2D eigenvalue weighted by atomic mass is 10.2. The third kappa shape index (κ3) is 3.47. The van der Waals surface area contributed by atoms with Crippen molar-refractivity contribution in [2.24, 2.45) is 5.92 Å². The van der Waals surface area contributed by atoms with Gasteiger partial charge in [-0.25, -0.2) is 9.59 Å².